The fraction of sp³-hybridized carbons (Fsp3) is 0.500. The van der Waals surface area contributed by atoms with Gasteiger partial charge in [0, 0.05) is 18.7 Å². The number of carbonyl (C=O) groups is 2. The molecule has 0 spiro atoms. The van der Waals surface area contributed by atoms with E-state index in [0.717, 1.165) is 11.3 Å². The zero-order valence-electron chi connectivity index (χ0n) is 13.7. The second-order valence-electron chi connectivity index (χ2n) is 5.42. The maximum atomic E-state index is 11.8. The van der Waals surface area contributed by atoms with Crippen LogP contribution in [0.15, 0.2) is 24.3 Å². The van der Waals surface area contributed by atoms with E-state index < -0.39 is 17.4 Å². The lowest BCUT2D eigenvalue weighted by Gasteiger charge is -2.23. The summed E-state index contributed by atoms with van der Waals surface area (Å²) in [5.74, 6) is -0.0721. The molecule has 1 atom stereocenters. The highest BCUT2D eigenvalue weighted by Crippen LogP contribution is 2.16. The Labute approximate surface area is 141 Å². The second-order valence-corrected chi connectivity index (χ2v) is 6.40. The molecule has 7 heteroatoms. The molecule has 3 N–H and O–H groups in total. The van der Waals surface area contributed by atoms with Crippen LogP contribution in [0, 0.1) is 0 Å². The highest BCUT2D eigenvalue weighted by atomic mass is 32.2. The fourth-order valence-corrected chi connectivity index (χ4v) is 2.51. The van der Waals surface area contributed by atoms with E-state index in [0.29, 0.717) is 12.2 Å². The van der Waals surface area contributed by atoms with Crippen LogP contribution < -0.4 is 15.4 Å². The molecular weight excluding hydrogens is 316 g/mol. The van der Waals surface area contributed by atoms with E-state index in [1.54, 1.807) is 31.9 Å². The van der Waals surface area contributed by atoms with Gasteiger partial charge in [-0.1, -0.05) is 18.2 Å². The lowest BCUT2D eigenvalue weighted by atomic mass is 10.0. The standard InChI is InChI=1S/C16H24N2O4S/c1-16(21,8-9-23-3)11-18-15(20)14(19)17-10-12-6-4-5-7-13(12)22-2/h4-7,21H,8-11H2,1-3H3,(H,17,19)(H,18,20)/t16-/m0/s1. The zero-order valence-corrected chi connectivity index (χ0v) is 14.5. The Bertz CT molecular complexity index is 535. The summed E-state index contributed by atoms with van der Waals surface area (Å²) in [4.78, 5) is 23.6. The van der Waals surface area contributed by atoms with Crippen molar-refractivity contribution in [3.63, 3.8) is 0 Å². The molecular formula is C16H24N2O4S. The first-order valence-corrected chi connectivity index (χ1v) is 8.68. The first kappa shape index (κ1) is 19.3. The van der Waals surface area contributed by atoms with E-state index in [1.165, 1.54) is 0 Å². The van der Waals surface area contributed by atoms with Crippen molar-refractivity contribution in [3.8, 4) is 5.75 Å². The molecule has 1 aromatic carbocycles. The Morgan fingerprint density at radius 2 is 1.91 bits per heavy atom. The maximum Gasteiger partial charge on any atom is 0.309 e. The third-order valence-corrected chi connectivity index (χ3v) is 3.93. The zero-order chi connectivity index (χ0) is 17.3. The smallest absolute Gasteiger partial charge is 0.309 e. The van der Waals surface area contributed by atoms with E-state index in [9.17, 15) is 14.7 Å². The van der Waals surface area contributed by atoms with E-state index >= 15 is 0 Å². The van der Waals surface area contributed by atoms with Gasteiger partial charge < -0.3 is 20.5 Å². The summed E-state index contributed by atoms with van der Waals surface area (Å²) in [5.41, 5.74) is -0.246. The predicted molar refractivity (Wildman–Crippen MR) is 91.5 cm³/mol. The van der Waals surface area contributed by atoms with Crippen LogP contribution in [0.1, 0.15) is 18.9 Å². The molecule has 0 heterocycles. The topological polar surface area (TPSA) is 87.7 Å². The van der Waals surface area contributed by atoms with E-state index in [-0.39, 0.29) is 13.1 Å². The molecule has 23 heavy (non-hydrogen) atoms. The van der Waals surface area contributed by atoms with Crippen LogP contribution in [0.2, 0.25) is 0 Å². The number of thioether (sulfide) groups is 1. The van der Waals surface area contributed by atoms with Crippen LogP contribution >= 0.6 is 11.8 Å². The molecule has 0 saturated heterocycles. The Hall–Kier alpha value is -1.73. The second kappa shape index (κ2) is 9.42. The average Bonchev–Trinajstić information content (AvgIpc) is 2.56. The lowest BCUT2D eigenvalue weighted by molar-refractivity contribution is -0.139. The summed E-state index contributed by atoms with van der Waals surface area (Å²) < 4.78 is 5.18. The molecule has 0 saturated carbocycles. The number of nitrogens with one attached hydrogen (secondary N) is 2. The number of ether oxygens (including phenoxy) is 1. The Morgan fingerprint density at radius 3 is 2.57 bits per heavy atom. The van der Waals surface area contributed by atoms with Gasteiger partial charge in [0.05, 0.1) is 12.7 Å². The van der Waals surface area contributed by atoms with Gasteiger partial charge in [-0.2, -0.15) is 11.8 Å². The van der Waals surface area contributed by atoms with Gasteiger partial charge in [-0.25, -0.2) is 0 Å². The van der Waals surface area contributed by atoms with Crippen molar-refractivity contribution in [3.05, 3.63) is 29.8 Å². The Balaban J connectivity index is 2.44. The minimum absolute atomic E-state index is 0.0362. The quantitative estimate of drug-likeness (QED) is 0.613. The molecule has 1 rings (SSSR count). The van der Waals surface area contributed by atoms with Gasteiger partial charge in [-0.15, -0.1) is 0 Å². The first-order chi connectivity index (χ1) is 10.9. The number of benzene rings is 1. The van der Waals surface area contributed by atoms with Crippen molar-refractivity contribution in [2.75, 3.05) is 25.7 Å². The van der Waals surface area contributed by atoms with Gasteiger partial charge in [0.1, 0.15) is 5.75 Å². The molecule has 0 unspecified atom stereocenters. The molecule has 0 aliphatic rings. The van der Waals surface area contributed by atoms with Crippen molar-refractivity contribution in [1.29, 1.82) is 0 Å². The molecule has 128 valence electrons. The van der Waals surface area contributed by atoms with Crippen molar-refractivity contribution in [1.82, 2.24) is 10.6 Å². The van der Waals surface area contributed by atoms with Crippen molar-refractivity contribution < 1.29 is 19.4 Å². The number of hydrogen-bond acceptors (Lipinski definition) is 5. The largest absolute Gasteiger partial charge is 0.496 e. The molecule has 0 radical (unpaired) electrons. The summed E-state index contributed by atoms with van der Waals surface area (Å²) in [6, 6.07) is 7.25. The lowest BCUT2D eigenvalue weighted by Crippen LogP contribution is -2.46. The van der Waals surface area contributed by atoms with Crippen LogP contribution in [0.25, 0.3) is 0 Å². The van der Waals surface area contributed by atoms with Crippen LogP contribution in [0.4, 0.5) is 0 Å². The first-order valence-electron chi connectivity index (χ1n) is 7.29. The predicted octanol–water partition coefficient (Wildman–Crippen LogP) is 0.932. The normalized spacial score (nSPS) is 13.0. The number of para-hydroxylation sites is 1. The summed E-state index contributed by atoms with van der Waals surface area (Å²) in [5, 5.41) is 15.1. The van der Waals surface area contributed by atoms with Gasteiger partial charge in [0.25, 0.3) is 0 Å². The van der Waals surface area contributed by atoms with Crippen molar-refractivity contribution in [2.24, 2.45) is 0 Å². The summed E-state index contributed by atoms with van der Waals surface area (Å²) in [6.45, 7) is 1.86. The van der Waals surface area contributed by atoms with Gasteiger partial charge >= 0.3 is 11.8 Å². The number of carbonyl (C=O) groups excluding carboxylic acids is 2. The Kier molecular flexibility index (Phi) is 7.91. The third-order valence-electron chi connectivity index (χ3n) is 3.31. The van der Waals surface area contributed by atoms with E-state index in [1.807, 2.05) is 24.5 Å². The van der Waals surface area contributed by atoms with E-state index in [2.05, 4.69) is 10.6 Å². The van der Waals surface area contributed by atoms with Crippen LogP contribution in [0.3, 0.4) is 0 Å². The molecule has 0 aliphatic carbocycles. The minimum atomic E-state index is -1.03. The van der Waals surface area contributed by atoms with Gasteiger partial charge in [-0.05, 0) is 31.4 Å². The average molecular weight is 340 g/mol. The number of rotatable bonds is 8. The highest BCUT2D eigenvalue weighted by Gasteiger charge is 2.22. The molecule has 1 aromatic rings. The van der Waals surface area contributed by atoms with Crippen molar-refractivity contribution >= 4 is 23.6 Å². The van der Waals surface area contributed by atoms with Gasteiger partial charge in [0.2, 0.25) is 0 Å². The van der Waals surface area contributed by atoms with Gasteiger partial charge in [0.15, 0.2) is 0 Å². The molecule has 6 nitrogen and oxygen atoms in total. The molecule has 2 amide bonds. The Morgan fingerprint density at radius 1 is 1.26 bits per heavy atom. The third kappa shape index (κ3) is 6.92. The minimum Gasteiger partial charge on any atom is -0.496 e. The van der Waals surface area contributed by atoms with Crippen LogP contribution in [0.5, 0.6) is 5.75 Å². The van der Waals surface area contributed by atoms with E-state index in [4.69, 9.17) is 4.74 Å². The highest BCUT2D eigenvalue weighted by molar-refractivity contribution is 7.98. The SMILES string of the molecule is COc1ccccc1CNC(=O)C(=O)NC[C@@](C)(O)CCSC. The molecule has 0 bridgehead atoms. The molecule has 0 aromatic heterocycles. The molecule has 0 fully saturated rings. The number of hydrogen-bond donors (Lipinski definition) is 3. The summed E-state index contributed by atoms with van der Waals surface area (Å²) in [7, 11) is 1.55. The van der Waals surface area contributed by atoms with Crippen molar-refractivity contribution in [2.45, 2.75) is 25.5 Å². The summed E-state index contributed by atoms with van der Waals surface area (Å²) in [6.07, 6.45) is 2.48. The van der Waals surface area contributed by atoms with Gasteiger partial charge in [-0.3, -0.25) is 9.59 Å². The maximum absolute atomic E-state index is 11.8. The van der Waals surface area contributed by atoms with Crippen LogP contribution in [-0.2, 0) is 16.1 Å². The summed E-state index contributed by atoms with van der Waals surface area (Å²) >= 11 is 1.61. The van der Waals surface area contributed by atoms with Crippen LogP contribution in [-0.4, -0.2) is 48.2 Å². The number of amides is 2. The number of methoxy groups -OCH3 is 1. The fourth-order valence-electron chi connectivity index (χ4n) is 1.87. The monoisotopic (exact) mass is 340 g/mol. The molecule has 0 aliphatic heterocycles. The number of aliphatic hydroxyl groups is 1.